The molecule has 0 aromatic heterocycles. The van der Waals surface area contributed by atoms with Gasteiger partial charge in [0.1, 0.15) is 0 Å². The van der Waals surface area contributed by atoms with Gasteiger partial charge in [0.2, 0.25) is 5.91 Å². The van der Waals surface area contributed by atoms with Crippen molar-refractivity contribution in [2.24, 2.45) is 17.3 Å². The average Bonchev–Trinajstić information content (AvgIpc) is 2.68. The monoisotopic (exact) mass is 440 g/mol. The van der Waals surface area contributed by atoms with Gasteiger partial charge in [0, 0.05) is 24.5 Å². The highest BCUT2D eigenvalue weighted by Gasteiger charge is 2.61. The SMILES string of the molecule is CC(=O)NC12C[C@H]3C[C@H](C1)CC(C(=O)OCC(=O)N(Cc1ccccc1)C(C)(C)C)(C3)C2. The molecule has 0 spiro atoms. The van der Waals surface area contributed by atoms with E-state index in [0.29, 0.717) is 24.8 Å². The van der Waals surface area contributed by atoms with E-state index in [1.54, 1.807) is 11.8 Å². The number of rotatable bonds is 6. The van der Waals surface area contributed by atoms with Crippen LogP contribution in [0.3, 0.4) is 0 Å². The summed E-state index contributed by atoms with van der Waals surface area (Å²) in [5, 5.41) is 3.18. The van der Waals surface area contributed by atoms with E-state index in [9.17, 15) is 14.4 Å². The van der Waals surface area contributed by atoms with E-state index in [1.807, 2.05) is 51.1 Å². The molecule has 0 saturated heterocycles. The summed E-state index contributed by atoms with van der Waals surface area (Å²) in [7, 11) is 0. The highest BCUT2D eigenvalue weighted by atomic mass is 16.5. The molecule has 1 N–H and O–H groups in total. The molecule has 2 amide bonds. The Morgan fingerprint density at radius 1 is 1.06 bits per heavy atom. The van der Waals surface area contributed by atoms with Crippen molar-refractivity contribution in [1.82, 2.24) is 10.2 Å². The van der Waals surface area contributed by atoms with Gasteiger partial charge < -0.3 is 15.0 Å². The minimum atomic E-state index is -0.571. The lowest BCUT2D eigenvalue weighted by Gasteiger charge is -2.60. The molecular weight excluding hydrogens is 404 g/mol. The molecule has 0 heterocycles. The normalized spacial score (nSPS) is 30.6. The summed E-state index contributed by atoms with van der Waals surface area (Å²) in [6, 6.07) is 9.86. The molecule has 174 valence electrons. The van der Waals surface area contributed by atoms with Gasteiger partial charge in [0.25, 0.3) is 5.91 Å². The summed E-state index contributed by atoms with van der Waals surface area (Å²) in [6.45, 7) is 7.76. The van der Waals surface area contributed by atoms with Crippen molar-refractivity contribution >= 4 is 17.8 Å². The zero-order chi connectivity index (χ0) is 23.1. The first-order chi connectivity index (χ1) is 15.0. The number of amides is 2. The van der Waals surface area contributed by atoms with Crippen LogP contribution in [-0.2, 0) is 25.7 Å². The molecular formula is C26H36N2O4. The predicted octanol–water partition coefficient (Wildman–Crippen LogP) is 3.83. The summed E-state index contributed by atoms with van der Waals surface area (Å²) in [5.41, 5.74) is -0.210. The van der Waals surface area contributed by atoms with Crippen LogP contribution in [-0.4, -0.2) is 40.4 Å². The molecule has 4 fully saturated rings. The number of hydrogen-bond acceptors (Lipinski definition) is 4. The third-order valence-electron chi connectivity index (χ3n) is 7.56. The standard InChI is InChI=1S/C26H36N2O4/c1-18(29)27-26-13-20-10-21(14-26)12-25(11-20,17-26)23(31)32-16-22(30)28(24(2,3)4)15-19-8-6-5-7-9-19/h5-9,20-21H,10-17H2,1-4H3,(H,27,29)/t20-,21-,25?,26?/m0/s1. The van der Waals surface area contributed by atoms with Crippen molar-refractivity contribution in [3.05, 3.63) is 35.9 Å². The fourth-order valence-electron chi connectivity index (χ4n) is 6.84. The van der Waals surface area contributed by atoms with Gasteiger partial charge in [0.15, 0.2) is 6.61 Å². The maximum atomic E-state index is 13.4. The zero-order valence-corrected chi connectivity index (χ0v) is 19.8. The summed E-state index contributed by atoms with van der Waals surface area (Å²) in [5.74, 6) is 0.401. The van der Waals surface area contributed by atoms with Crippen LogP contribution in [0.5, 0.6) is 0 Å². The first-order valence-corrected chi connectivity index (χ1v) is 11.8. The molecule has 0 radical (unpaired) electrons. The molecule has 6 nitrogen and oxygen atoms in total. The van der Waals surface area contributed by atoms with E-state index in [4.69, 9.17) is 4.74 Å². The van der Waals surface area contributed by atoms with Gasteiger partial charge in [-0.3, -0.25) is 14.4 Å². The van der Waals surface area contributed by atoms with Gasteiger partial charge in [0.05, 0.1) is 5.41 Å². The van der Waals surface area contributed by atoms with E-state index < -0.39 is 11.0 Å². The Morgan fingerprint density at radius 2 is 1.69 bits per heavy atom. The van der Waals surface area contributed by atoms with E-state index in [-0.39, 0.29) is 29.9 Å². The van der Waals surface area contributed by atoms with E-state index in [0.717, 1.165) is 37.7 Å². The van der Waals surface area contributed by atoms with Gasteiger partial charge in [-0.1, -0.05) is 30.3 Å². The second-order valence-electron chi connectivity index (χ2n) is 11.4. The van der Waals surface area contributed by atoms with Crippen LogP contribution in [0.25, 0.3) is 0 Å². The Morgan fingerprint density at radius 3 is 2.25 bits per heavy atom. The molecule has 0 aliphatic heterocycles. The topological polar surface area (TPSA) is 75.7 Å². The molecule has 4 saturated carbocycles. The number of nitrogens with zero attached hydrogens (tertiary/aromatic N) is 1. The smallest absolute Gasteiger partial charge is 0.312 e. The Hall–Kier alpha value is -2.37. The van der Waals surface area contributed by atoms with E-state index in [2.05, 4.69) is 5.32 Å². The Balaban J connectivity index is 1.44. The van der Waals surface area contributed by atoms with Crippen LogP contribution >= 0.6 is 0 Å². The quantitative estimate of drug-likeness (QED) is 0.682. The highest BCUT2D eigenvalue weighted by Crippen LogP contribution is 2.62. The summed E-state index contributed by atoms with van der Waals surface area (Å²) < 4.78 is 5.71. The van der Waals surface area contributed by atoms with Crippen molar-refractivity contribution in [2.75, 3.05) is 6.61 Å². The highest BCUT2D eigenvalue weighted by molar-refractivity contribution is 5.84. The molecule has 1 aromatic rings. The maximum Gasteiger partial charge on any atom is 0.312 e. The summed E-state index contributed by atoms with van der Waals surface area (Å²) in [6.07, 6.45) is 5.28. The van der Waals surface area contributed by atoms with Gasteiger partial charge >= 0.3 is 5.97 Å². The van der Waals surface area contributed by atoms with Gasteiger partial charge in [-0.05, 0) is 76.7 Å². The molecule has 32 heavy (non-hydrogen) atoms. The van der Waals surface area contributed by atoms with Crippen LogP contribution in [0.15, 0.2) is 30.3 Å². The first-order valence-electron chi connectivity index (χ1n) is 11.8. The first kappa shape index (κ1) is 22.8. The second-order valence-corrected chi connectivity index (χ2v) is 11.4. The molecule has 6 heteroatoms. The fraction of sp³-hybridized carbons (Fsp3) is 0.654. The van der Waals surface area contributed by atoms with Gasteiger partial charge in [-0.25, -0.2) is 0 Å². The minimum absolute atomic E-state index is 0.0348. The summed E-state index contributed by atoms with van der Waals surface area (Å²) in [4.78, 5) is 40.1. The molecule has 1 aromatic carbocycles. The molecule has 2 atom stereocenters. The number of carbonyl (C=O) groups is 3. The lowest BCUT2D eigenvalue weighted by Crippen LogP contribution is -2.64. The van der Waals surface area contributed by atoms with E-state index in [1.165, 1.54) is 0 Å². The molecule has 4 bridgehead atoms. The number of nitrogens with one attached hydrogen (secondary N) is 1. The van der Waals surface area contributed by atoms with Crippen LogP contribution in [0.1, 0.15) is 71.8 Å². The Bertz CT molecular complexity index is 875. The molecule has 4 aliphatic carbocycles. The van der Waals surface area contributed by atoms with Crippen LogP contribution in [0.2, 0.25) is 0 Å². The number of hydrogen-bond donors (Lipinski definition) is 1. The summed E-state index contributed by atoms with van der Waals surface area (Å²) >= 11 is 0. The van der Waals surface area contributed by atoms with Gasteiger partial charge in [-0.2, -0.15) is 0 Å². The lowest BCUT2D eigenvalue weighted by atomic mass is 9.47. The van der Waals surface area contributed by atoms with Crippen LogP contribution in [0.4, 0.5) is 0 Å². The third kappa shape index (κ3) is 4.55. The number of benzene rings is 1. The maximum absolute atomic E-state index is 13.4. The van der Waals surface area contributed by atoms with Gasteiger partial charge in [-0.15, -0.1) is 0 Å². The fourth-order valence-corrected chi connectivity index (χ4v) is 6.84. The lowest BCUT2D eigenvalue weighted by molar-refractivity contribution is -0.179. The van der Waals surface area contributed by atoms with Crippen molar-refractivity contribution in [3.8, 4) is 0 Å². The largest absolute Gasteiger partial charge is 0.455 e. The van der Waals surface area contributed by atoms with Crippen molar-refractivity contribution in [1.29, 1.82) is 0 Å². The third-order valence-corrected chi connectivity index (χ3v) is 7.56. The van der Waals surface area contributed by atoms with Crippen LogP contribution in [0, 0.1) is 17.3 Å². The Kier molecular flexibility index (Phi) is 5.84. The zero-order valence-electron chi connectivity index (χ0n) is 19.8. The predicted molar refractivity (Wildman–Crippen MR) is 121 cm³/mol. The minimum Gasteiger partial charge on any atom is -0.455 e. The molecule has 4 aliphatic rings. The van der Waals surface area contributed by atoms with Crippen LogP contribution < -0.4 is 5.32 Å². The van der Waals surface area contributed by atoms with Crippen molar-refractivity contribution in [2.45, 2.75) is 83.8 Å². The average molecular weight is 441 g/mol. The number of carbonyl (C=O) groups excluding carboxylic acids is 3. The van der Waals surface area contributed by atoms with Crippen molar-refractivity contribution in [3.63, 3.8) is 0 Å². The molecule has 5 rings (SSSR count). The molecule has 0 unspecified atom stereocenters. The number of esters is 1. The second kappa shape index (κ2) is 8.20. The number of ether oxygens (including phenoxy) is 1. The van der Waals surface area contributed by atoms with E-state index >= 15 is 0 Å². The Labute approximate surface area is 191 Å². The van der Waals surface area contributed by atoms with Crippen molar-refractivity contribution < 1.29 is 19.1 Å².